The molecule has 2 aromatic heterocycles. The molecule has 1 N–H and O–H groups in total. The molecule has 1 saturated heterocycles. The maximum absolute atomic E-state index is 13.5. The quantitative estimate of drug-likeness (QED) is 0.571. The van der Waals surface area contributed by atoms with E-state index in [1.807, 2.05) is 53.2 Å². The number of para-hydroxylation sites is 1. The van der Waals surface area contributed by atoms with Gasteiger partial charge in [0.25, 0.3) is 5.56 Å². The molecule has 1 aliphatic heterocycles. The Morgan fingerprint density at radius 1 is 0.967 bits per heavy atom. The zero-order valence-electron chi connectivity index (χ0n) is 16.6. The molecule has 30 heavy (non-hydrogen) atoms. The first kappa shape index (κ1) is 17.7. The summed E-state index contributed by atoms with van der Waals surface area (Å²) in [5.74, 6) is 0.269. The Hall–Kier alpha value is -3.18. The summed E-state index contributed by atoms with van der Waals surface area (Å²) in [6, 6.07) is 20.5. The highest BCUT2D eigenvalue weighted by Crippen LogP contribution is 2.50. The maximum atomic E-state index is 13.5. The van der Waals surface area contributed by atoms with E-state index in [1.165, 1.54) is 0 Å². The van der Waals surface area contributed by atoms with Crippen LogP contribution in [0.15, 0.2) is 71.7 Å². The average molecular weight is 397 g/mol. The number of nitrogens with zero attached hydrogens (tertiary/aromatic N) is 3. The number of aliphatic hydroxyl groups excluding tert-OH is 1. The number of aliphatic hydroxyl groups is 1. The molecule has 0 amide bonds. The van der Waals surface area contributed by atoms with Gasteiger partial charge in [-0.15, -0.1) is 0 Å². The van der Waals surface area contributed by atoms with Crippen LogP contribution in [0.5, 0.6) is 0 Å². The molecule has 2 fully saturated rings. The van der Waals surface area contributed by atoms with Crippen LogP contribution in [-0.2, 0) is 0 Å². The van der Waals surface area contributed by atoms with Gasteiger partial charge in [0, 0.05) is 42.3 Å². The van der Waals surface area contributed by atoms with Crippen molar-refractivity contribution >= 4 is 27.4 Å². The Kier molecular flexibility index (Phi) is 3.93. The number of benzene rings is 2. The predicted molar refractivity (Wildman–Crippen MR) is 119 cm³/mol. The molecule has 6 rings (SSSR count). The van der Waals surface area contributed by atoms with Gasteiger partial charge in [-0.2, -0.15) is 0 Å². The first-order chi connectivity index (χ1) is 14.7. The molecular weight excluding hydrogens is 374 g/mol. The molecule has 0 radical (unpaired) electrons. The summed E-state index contributed by atoms with van der Waals surface area (Å²) in [5, 5.41) is 12.8. The summed E-state index contributed by atoms with van der Waals surface area (Å²) in [6.07, 6.45) is 3.29. The summed E-state index contributed by atoms with van der Waals surface area (Å²) in [4.78, 5) is 20.5. The van der Waals surface area contributed by atoms with Crippen molar-refractivity contribution in [3.8, 4) is 0 Å². The molecule has 1 saturated carbocycles. The standard InChI is InChI=1S/C25H23N3O2/c29-18-11-12-27(15-18)22-7-3-5-17-10-13-28(25(30)24(17)22)23-14-19(23)21-9-8-16-4-1-2-6-20(16)26-21/h1-10,13,18-19,23,29H,11-12,14-15H2/t18-,19?,23+/m0/s1. The highest BCUT2D eigenvalue weighted by molar-refractivity contribution is 5.93. The molecule has 2 aromatic carbocycles. The Morgan fingerprint density at radius 3 is 2.70 bits per heavy atom. The number of fused-ring (bicyclic) bond motifs is 2. The smallest absolute Gasteiger partial charge is 0.260 e. The lowest BCUT2D eigenvalue weighted by atomic mass is 10.1. The molecule has 0 bridgehead atoms. The summed E-state index contributed by atoms with van der Waals surface area (Å²) in [5.41, 5.74) is 3.05. The van der Waals surface area contributed by atoms with Gasteiger partial charge in [0.1, 0.15) is 0 Å². The normalized spacial score (nSPS) is 23.4. The monoisotopic (exact) mass is 397 g/mol. The van der Waals surface area contributed by atoms with Crippen LogP contribution in [0, 0.1) is 0 Å². The zero-order chi connectivity index (χ0) is 20.2. The fourth-order valence-corrected chi connectivity index (χ4v) is 4.87. The van der Waals surface area contributed by atoms with Crippen molar-refractivity contribution < 1.29 is 5.11 Å². The van der Waals surface area contributed by atoms with Crippen LogP contribution in [0.2, 0.25) is 0 Å². The van der Waals surface area contributed by atoms with Crippen LogP contribution >= 0.6 is 0 Å². The van der Waals surface area contributed by atoms with Gasteiger partial charge in [-0.25, -0.2) is 0 Å². The third kappa shape index (κ3) is 2.81. The van der Waals surface area contributed by atoms with Gasteiger partial charge in [-0.1, -0.05) is 36.4 Å². The topological polar surface area (TPSA) is 58.4 Å². The molecule has 3 heterocycles. The minimum atomic E-state index is -0.321. The van der Waals surface area contributed by atoms with E-state index < -0.39 is 0 Å². The summed E-state index contributed by atoms with van der Waals surface area (Å²) in [6.45, 7) is 1.36. The van der Waals surface area contributed by atoms with E-state index in [9.17, 15) is 9.90 Å². The molecule has 1 aliphatic carbocycles. The number of hydrogen-bond acceptors (Lipinski definition) is 4. The van der Waals surface area contributed by atoms with E-state index in [0.717, 1.165) is 52.4 Å². The fourth-order valence-electron chi connectivity index (χ4n) is 4.87. The molecule has 1 unspecified atom stereocenters. The van der Waals surface area contributed by atoms with Gasteiger partial charge in [-0.3, -0.25) is 9.78 Å². The first-order valence-corrected chi connectivity index (χ1v) is 10.6. The van der Waals surface area contributed by atoms with E-state index in [0.29, 0.717) is 6.54 Å². The second kappa shape index (κ2) is 6.67. The van der Waals surface area contributed by atoms with Crippen molar-refractivity contribution in [2.75, 3.05) is 18.0 Å². The molecule has 2 aliphatic rings. The molecule has 0 spiro atoms. The van der Waals surface area contributed by atoms with Gasteiger partial charge in [0.15, 0.2) is 0 Å². The number of hydrogen-bond donors (Lipinski definition) is 1. The minimum Gasteiger partial charge on any atom is -0.391 e. The van der Waals surface area contributed by atoms with Crippen LogP contribution < -0.4 is 10.5 Å². The molecule has 4 aromatic rings. The van der Waals surface area contributed by atoms with Crippen molar-refractivity contribution in [2.24, 2.45) is 0 Å². The van der Waals surface area contributed by atoms with Crippen molar-refractivity contribution in [3.05, 3.63) is 82.9 Å². The molecular formula is C25H23N3O2. The van der Waals surface area contributed by atoms with Crippen LogP contribution in [0.4, 0.5) is 5.69 Å². The van der Waals surface area contributed by atoms with Crippen molar-refractivity contribution in [2.45, 2.75) is 30.9 Å². The van der Waals surface area contributed by atoms with E-state index in [4.69, 9.17) is 4.98 Å². The number of β-amino-alcohol motifs (C(OH)–C–C–N with tert-alkyl or cyclic N) is 1. The lowest BCUT2D eigenvalue weighted by molar-refractivity contribution is 0.198. The predicted octanol–water partition coefficient (Wildman–Crippen LogP) is 3.85. The largest absolute Gasteiger partial charge is 0.391 e. The maximum Gasteiger partial charge on any atom is 0.260 e. The van der Waals surface area contributed by atoms with Crippen LogP contribution in [0.1, 0.15) is 30.5 Å². The second-order valence-electron chi connectivity index (χ2n) is 8.50. The Labute approximate surface area is 174 Å². The number of aromatic nitrogens is 2. The fraction of sp³-hybridized carbons (Fsp3) is 0.280. The summed E-state index contributed by atoms with van der Waals surface area (Å²) in [7, 11) is 0. The SMILES string of the molecule is O=c1c2c(N3CC[C@H](O)C3)cccc2ccn1[C@@H]1CC1c1ccc2ccccc2n1. The van der Waals surface area contributed by atoms with Crippen LogP contribution in [0.25, 0.3) is 21.7 Å². The van der Waals surface area contributed by atoms with Gasteiger partial charge >= 0.3 is 0 Å². The summed E-state index contributed by atoms with van der Waals surface area (Å²) < 4.78 is 1.89. The third-order valence-electron chi connectivity index (χ3n) is 6.56. The van der Waals surface area contributed by atoms with Crippen molar-refractivity contribution in [3.63, 3.8) is 0 Å². The summed E-state index contributed by atoms with van der Waals surface area (Å²) >= 11 is 0. The Bertz CT molecular complexity index is 1330. The van der Waals surface area contributed by atoms with Gasteiger partial charge in [0.05, 0.1) is 22.7 Å². The molecule has 5 nitrogen and oxygen atoms in total. The van der Waals surface area contributed by atoms with E-state index in [-0.39, 0.29) is 23.6 Å². The van der Waals surface area contributed by atoms with Gasteiger partial charge in [-0.05, 0) is 42.5 Å². The number of rotatable bonds is 3. The zero-order valence-corrected chi connectivity index (χ0v) is 16.6. The van der Waals surface area contributed by atoms with Gasteiger partial charge < -0.3 is 14.6 Å². The lowest BCUT2D eigenvalue weighted by Crippen LogP contribution is -2.25. The molecule has 5 heteroatoms. The van der Waals surface area contributed by atoms with Crippen molar-refractivity contribution in [1.29, 1.82) is 0 Å². The highest BCUT2D eigenvalue weighted by Gasteiger charge is 2.42. The van der Waals surface area contributed by atoms with Gasteiger partial charge in [0.2, 0.25) is 0 Å². The lowest BCUT2D eigenvalue weighted by Gasteiger charge is -2.20. The Balaban J connectivity index is 1.39. The Morgan fingerprint density at radius 2 is 1.83 bits per heavy atom. The minimum absolute atomic E-state index is 0.0535. The second-order valence-corrected chi connectivity index (χ2v) is 8.50. The average Bonchev–Trinajstić information content (AvgIpc) is 3.45. The van der Waals surface area contributed by atoms with E-state index in [1.54, 1.807) is 0 Å². The van der Waals surface area contributed by atoms with Crippen LogP contribution in [0.3, 0.4) is 0 Å². The van der Waals surface area contributed by atoms with E-state index in [2.05, 4.69) is 23.1 Å². The number of anilines is 1. The van der Waals surface area contributed by atoms with Crippen molar-refractivity contribution in [1.82, 2.24) is 9.55 Å². The third-order valence-corrected chi connectivity index (χ3v) is 6.56. The first-order valence-electron chi connectivity index (χ1n) is 10.6. The van der Waals surface area contributed by atoms with Crippen LogP contribution in [-0.4, -0.2) is 33.9 Å². The van der Waals surface area contributed by atoms with E-state index >= 15 is 0 Å². The number of pyridine rings is 2. The highest BCUT2D eigenvalue weighted by atomic mass is 16.3. The molecule has 150 valence electrons. The molecule has 3 atom stereocenters.